The molecule has 0 fully saturated rings. The molecule has 0 radical (unpaired) electrons. The molecule has 3 rings (SSSR count). The van der Waals surface area contributed by atoms with Crippen LogP contribution in [0, 0.1) is 0 Å². The van der Waals surface area contributed by atoms with Gasteiger partial charge in [0.1, 0.15) is 29.5 Å². The first-order valence-electron chi connectivity index (χ1n) is 6.85. The summed E-state index contributed by atoms with van der Waals surface area (Å²) in [6.07, 6.45) is 0. The fraction of sp³-hybridized carbons (Fsp3) is 0.188. The third-order valence-corrected chi connectivity index (χ3v) is 3.44. The van der Waals surface area contributed by atoms with Crippen molar-refractivity contribution in [1.82, 2.24) is 9.78 Å². The number of aromatic nitrogens is 2. The van der Waals surface area contributed by atoms with Gasteiger partial charge in [-0.3, -0.25) is 4.68 Å². The number of nitrogens with zero attached hydrogens (tertiary/aromatic N) is 2. The van der Waals surface area contributed by atoms with Gasteiger partial charge in [-0.1, -0.05) is 24.3 Å². The molecule has 0 saturated heterocycles. The van der Waals surface area contributed by atoms with Gasteiger partial charge in [-0.25, -0.2) is 0 Å². The Morgan fingerprint density at radius 2 is 2.00 bits per heavy atom. The van der Waals surface area contributed by atoms with E-state index in [-0.39, 0.29) is 11.4 Å². The second-order valence-electron chi connectivity index (χ2n) is 4.76. The van der Waals surface area contributed by atoms with E-state index in [1.807, 2.05) is 28.9 Å². The summed E-state index contributed by atoms with van der Waals surface area (Å²) in [5.41, 5.74) is 7.98. The summed E-state index contributed by atoms with van der Waals surface area (Å²) >= 11 is 0. The number of phenolic OH excluding ortho intramolecular Hbond substituents is 1. The largest absolute Gasteiger partial charge is 0.506 e. The average molecular weight is 283 g/mol. The second-order valence-corrected chi connectivity index (χ2v) is 4.76. The number of aryl methyl sites for hydroxylation is 1. The molecule has 0 bridgehead atoms. The molecule has 108 valence electrons. The van der Waals surface area contributed by atoms with Gasteiger partial charge in [0.05, 0.1) is 5.52 Å². The highest BCUT2D eigenvalue weighted by Crippen LogP contribution is 2.31. The summed E-state index contributed by atoms with van der Waals surface area (Å²) < 4.78 is 7.65. The molecule has 5 nitrogen and oxygen atoms in total. The lowest BCUT2D eigenvalue weighted by Crippen LogP contribution is -2.01. The van der Waals surface area contributed by atoms with Crippen LogP contribution < -0.4 is 10.5 Å². The maximum atomic E-state index is 9.59. The van der Waals surface area contributed by atoms with E-state index in [1.54, 1.807) is 12.1 Å². The zero-order valence-corrected chi connectivity index (χ0v) is 11.8. The molecule has 0 saturated carbocycles. The van der Waals surface area contributed by atoms with E-state index in [1.165, 1.54) is 6.07 Å². The normalized spacial score (nSPS) is 10.9. The Kier molecular flexibility index (Phi) is 3.39. The number of benzene rings is 2. The number of anilines is 1. The van der Waals surface area contributed by atoms with Crippen molar-refractivity contribution < 1.29 is 9.84 Å². The summed E-state index contributed by atoms with van der Waals surface area (Å²) in [5, 5.41) is 15.2. The van der Waals surface area contributed by atoms with Crippen molar-refractivity contribution >= 4 is 16.6 Å². The lowest BCUT2D eigenvalue weighted by Gasteiger charge is -2.08. The Morgan fingerprint density at radius 3 is 2.81 bits per heavy atom. The van der Waals surface area contributed by atoms with Gasteiger partial charge in [-0.2, -0.15) is 5.10 Å². The number of rotatable bonds is 4. The number of hydrogen-bond acceptors (Lipinski definition) is 4. The second kappa shape index (κ2) is 5.36. The topological polar surface area (TPSA) is 73.3 Å². The van der Waals surface area contributed by atoms with Gasteiger partial charge < -0.3 is 15.6 Å². The Balaban J connectivity index is 1.90. The Labute approximate surface area is 122 Å². The number of phenols is 1. The lowest BCUT2D eigenvalue weighted by molar-refractivity contribution is 0.301. The maximum Gasteiger partial charge on any atom is 0.146 e. The molecule has 0 aliphatic heterocycles. The number of ether oxygens (including phenoxy) is 1. The van der Waals surface area contributed by atoms with Gasteiger partial charge in [-0.05, 0) is 25.1 Å². The van der Waals surface area contributed by atoms with Crippen LogP contribution in [0.25, 0.3) is 10.9 Å². The summed E-state index contributed by atoms with van der Waals surface area (Å²) in [7, 11) is 0. The van der Waals surface area contributed by atoms with Crippen molar-refractivity contribution in [2.45, 2.75) is 20.1 Å². The third kappa shape index (κ3) is 2.38. The zero-order valence-electron chi connectivity index (χ0n) is 11.8. The van der Waals surface area contributed by atoms with Crippen LogP contribution in [-0.2, 0) is 13.2 Å². The van der Waals surface area contributed by atoms with Crippen LogP contribution in [0.5, 0.6) is 11.5 Å². The van der Waals surface area contributed by atoms with Crippen LogP contribution in [0.2, 0.25) is 0 Å². The van der Waals surface area contributed by atoms with Crippen LogP contribution in [0.15, 0.2) is 42.5 Å². The smallest absolute Gasteiger partial charge is 0.146 e. The van der Waals surface area contributed by atoms with Crippen molar-refractivity contribution in [2.24, 2.45) is 0 Å². The molecule has 0 atom stereocenters. The minimum atomic E-state index is 0.0245. The molecular weight excluding hydrogens is 266 g/mol. The minimum Gasteiger partial charge on any atom is -0.506 e. The SMILES string of the molecule is CCn1nc(COc2cccc(O)c2N)c2ccccc21. The van der Waals surface area contributed by atoms with Crippen molar-refractivity contribution in [1.29, 1.82) is 0 Å². The van der Waals surface area contributed by atoms with E-state index in [4.69, 9.17) is 10.5 Å². The van der Waals surface area contributed by atoms with Crippen molar-refractivity contribution in [3.8, 4) is 11.5 Å². The highest BCUT2D eigenvalue weighted by molar-refractivity contribution is 5.81. The molecule has 0 unspecified atom stereocenters. The van der Waals surface area contributed by atoms with Crippen molar-refractivity contribution in [3.05, 3.63) is 48.2 Å². The monoisotopic (exact) mass is 283 g/mol. The number of nitrogens with two attached hydrogens (primary N) is 1. The maximum absolute atomic E-state index is 9.59. The number of para-hydroxylation sites is 2. The standard InChI is InChI=1S/C16H17N3O2/c1-2-19-13-7-4-3-6-11(13)12(18-19)10-21-15-9-5-8-14(20)16(15)17/h3-9,20H,2,10,17H2,1H3. The van der Waals surface area contributed by atoms with E-state index < -0.39 is 0 Å². The molecule has 0 aliphatic carbocycles. The van der Waals surface area contributed by atoms with E-state index >= 15 is 0 Å². The van der Waals surface area contributed by atoms with Crippen LogP contribution in [0.3, 0.4) is 0 Å². The van der Waals surface area contributed by atoms with E-state index in [0.29, 0.717) is 12.4 Å². The van der Waals surface area contributed by atoms with Crippen molar-refractivity contribution in [2.75, 3.05) is 5.73 Å². The minimum absolute atomic E-state index is 0.0245. The fourth-order valence-electron chi connectivity index (χ4n) is 2.35. The van der Waals surface area contributed by atoms with E-state index in [2.05, 4.69) is 12.0 Å². The first-order valence-corrected chi connectivity index (χ1v) is 6.85. The van der Waals surface area contributed by atoms with Gasteiger partial charge in [0, 0.05) is 11.9 Å². The van der Waals surface area contributed by atoms with Crippen LogP contribution in [0.4, 0.5) is 5.69 Å². The van der Waals surface area contributed by atoms with Gasteiger partial charge >= 0.3 is 0 Å². The van der Waals surface area contributed by atoms with Gasteiger partial charge in [0.25, 0.3) is 0 Å². The molecule has 3 aromatic rings. The highest BCUT2D eigenvalue weighted by Gasteiger charge is 2.11. The van der Waals surface area contributed by atoms with Crippen molar-refractivity contribution in [3.63, 3.8) is 0 Å². The quantitative estimate of drug-likeness (QED) is 0.570. The first-order chi connectivity index (χ1) is 10.2. The summed E-state index contributed by atoms with van der Waals surface area (Å²) in [6, 6.07) is 13.0. The molecule has 2 aromatic carbocycles. The summed E-state index contributed by atoms with van der Waals surface area (Å²) in [5.74, 6) is 0.488. The summed E-state index contributed by atoms with van der Waals surface area (Å²) in [6.45, 7) is 3.16. The molecule has 0 aliphatic rings. The number of fused-ring (bicyclic) bond motifs is 1. The van der Waals surface area contributed by atoms with Gasteiger partial charge in [-0.15, -0.1) is 0 Å². The molecule has 5 heteroatoms. The Bertz CT molecular complexity index is 780. The van der Waals surface area contributed by atoms with Crippen LogP contribution >= 0.6 is 0 Å². The lowest BCUT2D eigenvalue weighted by atomic mass is 10.2. The van der Waals surface area contributed by atoms with Gasteiger partial charge in [0.2, 0.25) is 0 Å². The molecule has 3 N–H and O–H groups in total. The predicted molar refractivity (Wildman–Crippen MR) is 82.3 cm³/mol. The Hall–Kier alpha value is -2.69. The number of nitrogen functional groups attached to an aromatic ring is 1. The van der Waals surface area contributed by atoms with E-state index in [9.17, 15) is 5.11 Å². The third-order valence-electron chi connectivity index (χ3n) is 3.44. The zero-order chi connectivity index (χ0) is 14.8. The molecule has 0 amide bonds. The number of hydrogen-bond donors (Lipinski definition) is 2. The van der Waals surface area contributed by atoms with E-state index in [0.717, 1.165) is 23.1 Å². The molecule has 21 heavy (non-hydrogen) atoms. The number of aromatic hydroxyl groups is 1. The Morgan fingerprint density at radius 1 is 1.19 bits per heavy atom. The predicted octanol–water partition coefficient (Wildman–Crippen LogP) is 2.92. The molecule has 1 aromatic heterocycles. The molecular formula is C16H17N3O2. The highest BCUT2D eigenvalue weighted by atomic mass is 16.5. The molecule has 1 heterocycles. The van der Waals surface area contributed by atoms with Crippen LogP contribution in [0.1, 0.15) is 12.6 Å². The van der Waals surface area contributed by atoms with Gasteiger partial charge in [0.15, 0.2) is 0 Å². The average Bonchev–Trinajstić information content (AvgIpc) is 2.87. The van der Waals surface area contributed by atoms with Crippen LogP contribution in [-0.4, -0.2) is 14.9 Å². The summed E-state index contributed by atoms with van der Waals surface area (Å²) in [4.78, 5) is 0. The molecule has 0 spiro atoms. The fourth-order valence-corrected chi connectivity index (χ4v) is 2.35. The first kappa shape index (κ1) is 13.3.